The number of halogens is 1. The van der Waals surface area contributed by atoms with Gasteiger partial charge in [0.2, 0.25) is 0 Å². The van der Waals surface area contributed by atoms with Crippen LogP contribution in [0.1, 0.15) is 36.4 Å². The van der Waals surface area contributed by atoms with Gasteiger partial charge in [-0.05, 0) is 49.3 Å². The molecule has 1 N–H and O–H groups in total. The summed E-state index contributed by atoms with van der Waals surface area (Å²) < 4.78 is 18.8. The lowest BCUT2D eigenvalue weighted by atomic mass is 9.99. The quantitative estimate of drug-likeness (QED) is 0.878. The molecule has 1 aliphatic heterocycles. The second kappa shape index (κ2) is 6.24. The number of methoxy groups -OCH3 is 1. The monoisotopic (exact) mass is 307 g/mol. The van der Waals surface area contributed by atoms with Gasteiger partial charge >= 0.3 is 5.97 Å². The summed E-state index contributed by atoms with van der Waals surface area (Å²) in [5.41, 5.74) is 1.78. The highest BCUT2D eigenvalue weighted by Gasteiger charge is 2.35. The molecule has 2 aliphatic rings. The van der Waals surface area contributed by atoms with Crippen molar-refractivity contribution in [1.29, 1.82) is 0 Å². The molecule has 1 aliphatic carbocycles. The summed E-state index contributed by atoms with van der Waals surface area (Å²) >= 11 is 0. The molecule has 2 unspecified atom stereocenters. The summed E-state index contributed by atoms with van der Waals surface area (Å²) in [5.74, 6) is 0.344. The molecule has 1 aromatic rings. The first-order valence-corrected chi connectivity index (χ1v) is 7.86. The normalized spacial score (nSPS) is 23.5. The summed E-state index contributed by atoms with van der Waals surface area (Å²) in [6.45, 7) is 0.640. The molecule has 1 aromatic carbocycles. The Morgan fingerprint density at radius 1 is 1.45 bits per heavy atom. The van der Waals surface area contributed by atoms with Crippen molar-refractivity contribution in [3.05, 3.63) is 29.3 Å². The van der Waals surface area contributed by atoms with Gasteiger partial charge in [0.15, 0.2) is 0 Å². The second-order valence-corrected chi connectivity index (χ2v) is 6.35. The van der Waals surface area contributed by atoms with Crippen LogP contribution in [0.4, 0.5) is 4.39 Å². The molecular weight excluding hydrogens is 285 g/mol. The molecule has 0 amide bonds. The summed E-state index contributed by atoms with van der Waals surface area (Å²) in [4.78, 5) is 13.5. The average Bonchev–Trinajstić information content (AvgIpc) is 3.19. The van der Waals surface area contributed by atoms with E-state index in [1.54, 1.807) is 12.0 Å². The minimum atomic E-state index is -0.948. The van der Waals surface area contributed by atoms with E-state index < -0.39 is 18.2 Å². The third-order valence-corrected chi connectivity index (χ3v) is 4.57. The summed E-state index contributed by atoms with van der Waals surface area (Å²) in [6.07, 6.45) is 2.93. The number of nitrogens with zero attached hydrogens (tertiary/aromatic N) is 1. The zero-order chi connectivity index (χ0) is 15.7. The molecule has 1 heterocycles. The smallest absolute Gasteiger partial charge is 0.325 e. The Bertz CT molecular complexity index is 559. The molecule has 0 aromatic heterocycles. The predicted octanol–water partition coefficient (Wildman–Crippen LogP) is 2.82. The second-order valence-electron chi connectivity index (χ2n) is 6.35. The van der Waals surface area contributed by atoms with Gasteiger partial charge in [0, 0.05) is 18.7 Å². The van der Waals surface area contributed by atoms with Gasteiger partial charge in [-0.3, -0.25) is 9.69 Å². The van der Waals surface area contributed by atoms with Crippen LogP contribution in [0.5, 0.6) is 5.75 Å². The first-order chi connectivity index (χ1) is 10.6. The SMILES string of the molecule is COc1ccc(CC2CC2)cc1C(C(=O)O)N1CCC(F)C1. The fraction of sp³-hybridized carbons (Fsp3) is 0.588. The molecule has 3 rings (SSSR count). The molecule has 0 radical (unpaired) electrons. The van der Waals surface area contributed by atoms with Crippen LogP contribution in [0.25, 0.3) is 0 Å². The van der Waals surface area contributed by atoms with E-state index in [1.807, 2.05) is 18.2 Å². The Morgan fingerprint density at radius 2 is 2.23 bits per heavy atom. The number of carboxylic acid groups (broad SMARTS) is 1. The highest BCUT2D eigenvalue weighted by Crippen LogP contribution is 2.37. The van der Waals surface area contributed by atoms with Crippen LogP contribution in [-0.2, 0) is 11.2 Å². The first-order valence-electron chi connectivity index (χ1n) is 7.86. The average molecular weight is 307 g/mol. The highest BCUT2D eigenvalue weighted by atomic mass is 19.1. The zero-order valence-corrected chi connectivity index (χ0v) is 12.8. The van der Waals surface area contributed by atoms with Crippen LogP contribution in [0.3, 0.4) is 0 Å². The molecule has 2 atom stereocenters. The van der Waals surface area contributed by atoms with Crippen LogP contribution >= 0.6 is 0 Å². The number of carbonyl (C=O) groups is 1. The maximum absolute atomic E-state index is 13.5. The fourth-order valence-electron chi connectivity index (χ4n) is 3.24. The fourth-order valence-corrected chi connectivity index (χ4v) is 3.24. The van der Waals surface area contributed by atoms with Crippen LogP contribution in [-0.4, -0.2) is 42.3 Å². The van der Waals surface area contributed by atoms with Gasteiger partial charge in [-0.2, -0.15) is 0 Å². The lowest BCUT2D eigenvalue weighted by molar-refractivity contribution is -0.143. The van der Waals surface area contributed by atoms with Crippen LogP contribution in [0.15, 0.2) is 18.2 Å². The van der Waals surface area contributed by atoms with Gasteiger partial charge in [-0.15, -0.1) is 0 Å². The summed E-state index contributed by atoms with van der Waals surface area (Å²) in [7, 11) is 1.54. The zero-order valence-electron chi connectivity index (χ0n) is 12.8. The number of hydrogen-bond donors (Lipinski definition) is 1. The van der Waals surface area contributed by atoms with E-state index in [-0.39, 0.29) is 6.54 Å². The van der Waals surface area contributed by atoms with Crippen LogP contribution < -0.4 is 4.74 Å². The number of ether oxygens (including phenoxy) is 1. The lowest BCUT2D eigenvalue weighted by Gasteiger charge is -2.26. The van der Waals surface area contributed by atoms with E-state index in [0.29, 0.717) is 24.3 Å². The molecule has 120 valence electrons. The van der Waals surface area contributed by atoms with Gasteiger partial charge in [-0.1, -0.05) is 6.07 Å². The van der Waals surface area contributed by atoms with Gasteiger partial charge < -0.3 is 9.84 Å². The number of rotatable bonds is 6. The van der Waals surface area contributed by atoms with E-state index in [0.717, 1.165) is 17.9 Å². The number of likely N-dealkylation sites (tertiary alicyclic amines) is 1. The van der Waals surface area contributed by atoms with Gasteiger partial charge in [0.1, 0.15) is 18.0 Å². The maximum atomic E-state index is 13.5. The van der Waals surface area contributed by atoms with Gasteiger partial charge in [0.25, 0.3) is 0 Å². The predicted molar refractivity (Wildman–Crippen MR) is 80.9 cm³/mol. The topological polar surface area (TPSA) is 49.8 Å². The van der Waals surface area contributed by atoms with Crippen molar-refractivity contribution in [2.45, 2.75) is 37.9 Å². The summed E-state index contributed by atoms with van der Waals surface area (Å²) in [6, 6.07) is 4.93. The van der Waals surface area contributed by atoms with Crippen molar-refractivity contribution >= 4 is 5.97 Å². The highest BCUT2D eigenvalue weighted by molar-refractivity contribution is 5.77. The Kier molecular flexibility index (Phi) is 4.34. The summed E-state index contributed by atoms with van der Waals surface area (Å²) in [5, 5.41) is 9.66. The van der Waals surface area contributed by atoms with E-state index in [9.17, 15) is 14.3 Å². The molecule has 0 bridgehead atoms. The van der Waals surface area contributed by atoms with Gasteiger partial charge in [0.05, 0.1) is 7.11 Å². The molecule has 4 nitrogen and oxygen atoms in total. The number of benzene rings is 1. The van der Waals surface area contributed by atoms with E-state index in [2.05, 4.69) is 0 Å². The number of carboxylic acids is 1. The van der Waals surface area contributed by atoms with Gasteiger partial charge in [-0.25, -0.2) is 4.39 Å². The van der Waals surface area contributed by atoms with Crippen molar-refractivity contribution in [3.63, 3.8) is 0 Å². The largest absolute Gasteiger partial charge is 0.496 e. The molecule has 5 heteroatoms. The molecule has 1 saturated carbocycles. The van der Waals surface area contributed by atoms with Crippen molar-refractivity contribution in [3.8, 4) is 5.75 Å². The standard InChI is InChI=1S/C17H22FNO3/c1-22-15-5-4-12(8-11-2-3-11)9-14(15)16(17(20)21)19-7-6-13(18)10-19/h4-5,9,11,13,16H,2-3,6-8,10H2,1H3,(H,20,21). The van der Waals surface area contributed by atoms with Crippen LogP contribution in [0, 0.1) is 5.92 Å². The number of hydrogen-bond acceptors (Lipinski definition) is 3. The Morgan fingerprint density at radius 3 is 2.77 bits per heavy atom. The van der Waals surface area contributed by atoms with Crippen molar-refractivity contribution in [2.24, 2.45) is 5.92 Å². The Labute approximate surface area is 129 Å². The van der Waals surface area contributed by atoms with E-state index >= 15 is 0 Å². The first kappa shape index (κ1) is 15.3. The molecule has 2 fully saturated rings. The van der Waals surface area contributed by atoms with Crippen molar-refractivity contribution in [1.82, 2.24) is 4.90 Å². The number of aliphatic carboxylic acids is 1. The lowest BCUT2D eigenvalue weighted by Crippen LogP contribution is -2.33. The molecular formula is C17H22FNO3. The van der Waals surface area contributed by atoms with Crippen molar-refractivity contribution < 1.29 is 19.0 Å². The molecule has 1 saturated heterocycles. The van der Waals surface area contributed by atoms with Crippen LogP contribution in [0.2, 0.25) is 0 Å². The maximum Gasteiger partial charge on any atom is 0.325 e. The molecule has 22 heavy (non-hydrogen) atoms. The number of alkyl halides is 1. The van der Waals surface area contributed by atoms with E-state index in [4.69, 9.17) is 4.74 Å². The third kappa shape index (κ3) is 3.24. The third-order valence-electron chi connectivity index (χ3n) is 4.57. The van der Waals surface area contributed by atoms with E-state index in [1.165, 1.54) is 12.8 Å². The minimum Gasteiger partial charge on any atom is -0.496 e. The molecule has 0 spiro atoms. The Balaban J connectivity index is 1.91. The Hall–Kier alpha value is -1.62. The minimum absolute atomic E-state index is 0.174. The van der Waals surface area contributed by atoms with Crippen molar-refractivity contribution in [2.75, 3.05) is 20.2 Å².